The summed E-state index contributed by atoms with van der Waals surface area (Å²) in [6, 6.07) is 8.04. The highest BCUT2D eigenvalue weighted by molar-refractivity contribution is 6.02. The van der Waals surface area contributed by atoms with Crippen LogP contribution in [0, 0.1) is 0 Å². The molecule has 0 saturated carbocycles. The SMILES string of the molecule is c1cnc2[nH]cc(-c3ccnc4cnccc34)c2c1. The Morgan fingerprint density at radius 3 is 2.84 bits per heavy atom. The molecule has 4 aromatic heterocycles. The molecule has 0 atom stereocenters. The molecule has 0 fully saturated rings. The predicted octanol–water partition coefficient (Wildman–Crippen LogP) is 3.17. The van der Waals surface area contributed by atoms with E-state index >= 15 is 0 Å². The van der Waals surface area contributed by atoms with E-state index in [1.165, 1.54) is 0 Å². The van der Waals surface area contributed by atoms with E-state index in [1.54, 1.807) is 18.6 Å². The zero-order valence-corrected chi connectivity index (χ0v) is 10.0. The Morgan fingerprint density at radius 1 is 0.842 bits per heavy atom. The minimum Gasteiger partial charge on any atom is -0.346 e. The fourth-order valence-corrected chi connectivity index (χ4v) is 2.41. The van der Waals surface area contributed by atoms with Gasteiger partial charge in [-0.05, 0) is 29.8 Å². The standard InChI is InChI=1S/C15H10N4/c1-2-12-13(8-19-15(12)18-5-1)10-4-7-17-14-9-16-6-3-11(10)14/h1-9H,(H,18,19). The van der Waals surface area contributed by atoms with Gasteiger partial charge in [-0.1, -0.05) is 0 Å². The van der Waals surface area contributed by atoms with E-state index in [-0.39, 0.29) is 0 Å². The summed E-state index contributed by atoms with van der Waals surface area (Å²) < 4.78 is 0. The van der Waals surface area contributed by atoms with Gasteiger partial charge >= 0.3 is 0 Å². The number of fused-ring (bicyclic) bond motifs is 2. The second-order valence-corrected chi connectivity index (χ2v) is 4.35. The van der Waals surface area contributed by atoms with Crippen molar-refractivity contribution in [2.75, 3.05) is 0 Å². The second-order valence-electron chi connectivity index (χ2n) is 4.35. The zero-order valence-electron chi connectivity index (χ0n) is 10.0. The first-order chi connectivity index (χ1) is 9.43. The molecule has 4 rings (SSSR count). The highest BCUT2D eigenvalue weighted by Crippen LogP contribution is 2.31. The maximum absolute atomic E-state index is 4.34. The molecule has 0 aliphatic heterocycles. The number of rotatable bonds is 1. The largest absolute Gasteiger partial charge is 0.346 e. The molecule has 0 aromatic carbocycles. The maximum atomic E-state index is 4.34. The number of pyridine rings is 3. The van der Waals surface area contributed by atoms with E-state index in [4.69, 9.17) is 0 Å². The van der Waals surface area contributed by atoms with Crippen molar-refractivity contribution in [2.24, 2.45) is 0 Å². The van der Waals surface area contributed by atoms with Gasteiger partial charge < -0.3 is 4.98 Å². The van der Waals surface area contributed by atoms with E-state index in [1.807, 2.05) is 30.6 Å². The van der Waals surface area contributed by atoms with E-state index in [2.05, 4.69) is 26.0 Å². The van der Waals surface area contributed by atoms with Crippen LogP contribution >= 0.6 is 0 Å². The maximum Gasteiger partial charge on any atom is 0.137 e. The van der Waals surface area contributed by atoms with Gasteiger partial charge in [0.25, 0.3) is 0 Å². The van der Waals surface area contributed by atoms with Crippen LogP contribution in [0.2, 0.25) is 0 Å². The molecule has 0 bridgehead atoms. The lowest BCUT2D eigenvalue weighted by atomic mass is 10.0. The van der Waals surface area contributed by atoms with Crippen LogP contribution < -0.4 is 0 Å². The van der Waals surface area contributed by atoms with Gasteiger partial charge in [-0.3, -0.25) is 9.97 Å². The molecule has 0 amide bonds. The number of hydrogen-bond donors (Lipinski definition) is 1. The summed E-state index contributed by atoms with van der Waals surface area (Å²) in [6.45, 7) is 0. The average molecular weight is 246 g/mol. The van der Waals surface area contributed by atoms with Gasteiger partial charge in [0, 0.05) is 41.1 Å². The quantitative estimate of drug-likeness (QED) is 0.561. The molecule has 0 spiro atoms. The first-order valence-corrected chi connectivity index (χ1v) is 6.05. The number of aromatic amines is 1. The number of H-pyrrole nitrogens is 1. The molecule has 90 valence electrons. The lowest BCUT2D eigenvalue weighted by Crippen LogP contribution is -1.84. The van der Waals surface area contributed by atoms with Gasteiger partial charge in [0.2, 0.25) is 0 Å². The predicted molar refractivity (Wildman–Crippen MR) is 74.6 cm³/mol. The van der Waals surface area contributed by atoms with Crippen LogP contribution in [0.15, 0.2) is 55.2 Å². The second kappa shape index (κ2) is 3.88. The summed E-state index contributed by atoms with van der Waals surface area (Å²) >= 11 is 0. The Morgan fingerprint density at radius 2 is 1.84 bits per heavy atom. The summed E-state index contributed by atoms with van der Waals surface area (Å²) in [5.74, 6) is 0. The van der Waals surface area contributed by atoms with E-state index < -0.39 is 0 Å². The van der Waals surface area contributed by atoms with Crippen LogP contribution in [0.1, 0.15) is 0 Å². The molecular formula is C15H10N4. The average Bonchev–Trinajstić information content (AvgIpc) is 2.90. The van der Waals surface area contributed by atoms with Gasteiger partial charge in [-0.2, -0.15) is 0 Å². The van der Waals surface area contributed by atoms with Crippen molar-refractivity contribution in [3.8, 4) is 11.1 Å². The third kappa shape index (κ3) is 1.50. The summed E-state index contributed by atoms with van der Waals surface area (Å²) in [4.78, 5) is 16.0. The molecule has 4 heterocycles. The molecule has 0 radical (unpaired) electrons. The number of aromatic nitrogens is 4. The van der Waals surface area contributed by atoms with Gasteiger partial charge in [-0.25, -0.2) is 4.98 Å². The third-order valence-corrected chi connectivity index (χ3v) is 3.29. The van der Waals surface area contributed by atoms with Gasteiger partial charge in [0.05, 0.1) is 11.7 Å². The van der Waals surface area contributed by atoms with Crippen molar-refractivity contribution in [1.82, 2.24) is 19.9 Å². The molecule has 0 aliphatic carbocycles. The molecule has 19 heavy (non-hydrogen) atoms. The van der Waals surface area contributed by atoms with Crippen LogP contribution in [-0.2, 0) is 0 Å². The Labute approximate surface area is 109 Å². The highest BCUT2D eigenvalue weighted by Gasteiger charge is 2.09. The Balaban J connectivity index is 2.10. The van der Waals surface area contributed by atoms with E-state index in [0.717, 1.165) is 33.1 Å². The van der Waals surface area contributed by atoms with Crippen molar-refractivity contribution in [3.63, 3.8) is 0 Å². The van der Waals surface area contributed by atoms with Crippen LogP contribution in [0.4, 0.5) is 0 Å². The van der Waals surface area contributed by atoms with Crippen molar-refractivity contribution in [3.05, 3.63) is 55.2 Å². The van der Waals surface area contributed by atoms with Crippen LogP contribution in [0.3, 0.4) is 0 Å². The smallest absolute Gasteiger partial charge is 0.137 e. The van der Waals surface area contributed by atoms with Crippen molar-refractivity contribution >= 4 is 21.9 Å². The van der Waals surface area contributed by atoms with Crippen molar-refractivity contribution < 1.29 is 0 Å². The molecule has 4 aromatic rings. The monoisotopic (exact) mass is 246 g/mol. The number of hydrogen-bond acceptors (Lipinski definition) is 3. The lowest BCUT2D eigenvalue weighted by Gasteiger charge is -2.04. The topological polar surface area (TPSA) is 54.5 Å². The highest BCUT2D eigenvalue weighted by atomic mass is 14.8. The van der Waals surface area contributed by atoms with Crippen LogP contribution in [0.25, 0.3) is 33.1 Å². The number of nitrogens with one attached hydrogen (secondary N) is 1. The summed E-state index contributed by atoms with van der Waals surface area (Å²) in [7, 11) is 0. The lowest BCUT2D eigenvalue weighted by molar-refractivity contribution is 1.31. The Kier molecular flexibility index (Phi) is 2.08. The molecule has 0 aliphatic rings. The summed E-state index contributed by atoms with van der Waals surface area (Å²) in [5, 5.41) is 2.22. The van der Waals surface area contributed by atoms with Crippen molar-refractivity contribution in [1.29, 1.82) is 0 Å². The Hall–Kier alpha value is -2.75. The molecule has 1 N–H and O–H groups in total. The van der Waals surface area contributed by atoms with E-state index in [0.29, 0.717) is 0 Å². The third-order valence-electron chi connectivity index (χ3n) is 3.29. The summed E-state index contributed by atoms with van der Waals surface area (Å²) in [6.07, 6.45) is 9.17. The molecule has 0 saturated heterocycles. The molecular weight excluding hydrogens is 236 g/mol. The zero-order chi connectivity index (χ0) is 12.7. The first-order valence-electron chi connectivity index (χ1n) is 6.05. The number of nitrogens with zero attached hydrogens (tertiary/aromatic N) is 3. The minimum absolute atomic E-state index is 0.900. The van der Waals surface area contributed by atoms with Gasteiger partial charge in [0.15, 0.2) is 0 Å². The van der Waals surface area contributed by atoms with Gasteiger partial charge in [-0.15, -0.1) is 0 Å². The first kappa shape index (κ1) is 10.2. The molecule has 4 nitrogen and oxygen atoms in total. The van der Waals surface area contributed by atoms with Gasteiger partial charge in [0.1, 0.15) is 5.65 Å². The van der Waals surface area contributed by atoms with E-state index in [9.17, 15) is 0 Å². The van der Waals surface area contributed by atoms with Crippen LogP contribution in [-0.4, -0.2) is 19.9 Å². The fraction of sp³-hybridized carbons (Fsp3) is 0. The summed E-state index contributed by atoms with van der Waals surface area (Å²) in [5.41, 5.74) is 4.09. The Bertz CT molecular complexity index is 874. The van der Waals surface area contributed by atoms with Crippen molar-refractivity contribution in [2.45, 2.75) is 0 Å². The normalized spacial score (nSPS) is 11.2. The minimum atomic E-state index is 0.900. The fourth-order valence-electron chi connectivity index (χ4n) is 2.41. The molecule has 0 unspecified atom stereocenters. The van der Waals surface area contributed by atoms with Crippen LogP contribution in [0.5, 0.6) is 0 Å². The molecule has 4 heteroatoms.